The number of hydrogen-bond donors (Lipinski definition) is 3. The molecule has 3 aliphatic rings. The molecule has 336 valence electrons. The lowest BCUT2D eigenvalue weighted by Gasteiger charge is -2.18. The minimum atomic E-state index is -4.35. The Labute approximate surface area is 358 Å². The number of rotatable bonds is 11. The van der Waals surface area contributed by atoms with Crippen LogP contribution in [-0.2, 0) is 49.2 Å². The first-order valence-electron chi connectivity index (χ1n) is 18.1. The predicted molar refractivity (Wildman–Crippen MR) is 220 cm³/mol. The van der Waals surface area contributed by atoms with Crippen molar-refractivity contribution in [3.8, 4) is 5.75 Å². The molecule has 1 heterocycles. The molecule has 0 aromatic heterocycles. The number of ether oxygens (including phenoxy) is 2. The largest absolute Gasteiger partial charge is 0.778 e. The molecule has 19 nitrogen and oxygen atoms in total. The quantitative estimate of drug-likeness (QED) is 0.0536. The number of imide groups is 1. The molecule has 24 heteroatoms. The molecule has 61 heavy (non-hydrogen) atoms. The molecule has 2 aromatic carbocycles. The second-order valence-electron chi connectivity index (χ2n) is 14.2. The van der Waals surface area contributed by atoms with Gasteiger partial charge in [0, 0.05) is 31.2 Å². The fourth-order valence-electron chi connectivity index (χ4n) is 5.61. The number of nitrogens with zero attached hydrogens (tertiary/aromatic N) is 2. The Morgan fingerprint density at radius 3 is 2.08 bits per heavy atom. The number of carbonyl (C=O) groups excluding carboxylic acids is 5. The van der Waals surface area contributed by atoms with Crippen molar-refractivity contribution >= 4 is 86.6 Å². The summed E-state index contributed by atoms with van der Waals surface area (Å²) in [5, 5.41) is 21.2. The average Bonchev–Trinajstić information content (AvgIpc) is 3.75. The maximum absolute atomic E-state index is 14.3. The van der Waals surface area contributed by atoms with Crippen molar-refractivity contribution in [2.45, 2.75) is 69.8 Å². The molecule has 0 bridgehead atoms. The normalized spacial score (nSPS) is 16.6. The second kappa shape index (κ2) is 23.0. The third-order valence-corrected chi connectivity index (χ3v) is 10.3. The number of halogens is 2. The smallest absolute Gasteiger partial charge is 0.427 e. The highest BCUT2D eigenvalue weighted by Gasteiger charge is 2.41. The van der Waals surface area contributed by atoms with Crippen molar-refractivity contribution < 1.29 is 75.4 Å². The Kier molecular flexibility index (Phi) is 19.9. The fraction of sp³-hybridized carbons (Fsp3) is 0.459. The molecule has 1 atom stereocenters. The molecule has 2 saturated carbocycles. The van der Waals surface area contributed by atoms with Crippen molar-refractivity contribution in [2.75, 3.05) is 42.8 Å². The number of nitro groups is 1. The van der Waals surface area contributed by atoms with Crippen LogP contribution in [0.5, 0.6) is 5.75 Å². The number of benzene rings is 2. The zero-order valence-electron chi connectivity index (χ0n) is 33.9. The first kappa shape index (κ1) is 52.6. The van der Waals surface area contributed by atoms with Crippen LogP contribution < -0.4 is 19.8 Å². The number of nitro benzene ring substituents is 1. The van der Waals surface area contributed by atoms with E-state index in [9.17, 15) is 61.1 Å². The van der Waals surface area contributed by atoms with Crippen LogP contribution in [-0.4, -0.2) is 103 Å². The Bertz CT molecular complexity index is 2200. The van der Waals surface area contributed by atoms with Gasteiger partial charge in [0.15, 0.2) is 32.9 Å². The summed E-state index contributed by atoms with van der Waals surface area (Å²) < 4.78 is 58.0. The molecule has 3 N–H and O–H groups in total. The van der Waals surface area contributed by atoms with Gasteiger partial charge < -0.3 is 28.9 Å². The molecule has 5 rings (SSSR count). The van der Waals surface area contributed by atoms with E-state index in [-0.39, 0.29) is 46.1 Å². The van der Waals surface area contributed by atoms with Gasteiger partial charge in [-0.1, -0.05) is 11.6 Å². The summed E-state index contributed by atoms with van der Waals surface area (Å²) in [6, 6.07) is 5.12. The minimum absolute atomic E-state index is 0.00962. The van der Waals surface area contributed by atoms with Gasteiger partial charge in [-0.15, -0.1) is 0 Å². The van der Waals surface area contributed by atoms with E-state index in [4.69, 9.17) is 31.1 Å². The van der Waals surface area contributed by atoms with Crippen LogP contribution >= 0.6 is 19.2 Å². The minimum Gasteiger partial charge on any atom is -0.778 e. The highest BCUT2D eigenvalue weighted by atomic mass is 35.5. The van der Waals surface area contributed by atoms with Crippen LogP contribution in [0.1, 0.15) is 69.2 Å². The van der Waals surface area contributed by atoms with Gasteiger partial charge >= 0.3 is 18.0 Å². The number of carboxylic acid groups (broad SMARTS) is 1. The molecule has 1 saturated heterocycles. The molecular weight excluding hydrogens is 892 g/mol. The average molecular weight is 938 g/mol. The van der Waals surface area contributed by atoms with Gasteiger partial charge in [-0.2, -0.15) is 0 Å². The lowest BCUT2D eigenvalue weighted by atomic mass is 9.81. The summed E-state index contributed by atoms with van der Waals surface area (Å²) in [4.78, 5) is 98.7. The molecule has 2 amide bonds. The highest BCUT2D eigenvalue weighted by molar-refractivity contribution is 7.94. The number of anilines is 1. The Morgan fingerprint density at radius 1 is 1.07 bits per heavy atom. The summed E-state index contributed by atoms with van der Waals surface area (Å²) in [5.41, 5.74) is -0.855. The van der Waals surface area contributed by atoms with Crippen molar-refractivity contribution in [1.82, 2.24) is 5.32 Å². The number of Topliss-reactive ketones (excluding diaryl/α,β-unsaturated/α-hetero) is 3. The number of ketones is 3. The predicted octanol–water partition coefficient (Wildman–Crippen LogP) is 4.35. The molecule has 2 aliphatic carbocycles. The molecule has 1 aliphatic heterocycles. The van der Waals surface area contributed by atoms with Gasteiger partial charge in [-0.25, -0.2) is 22.5 Å². The van der Waals surface area contributed by atoms with Gasteiger partial charge in [0.05, 0.1) is 63.8 Å². The third kappa shape index (κ3) is 16.3. The first-order valence-corrected chi connectivity index (χ1v) is 24.6. The summed E-state index contributed by atoms with van der Waals surface area (Å²) in [6.07, 6.45) is 10.2. The van der Waals surface area contributed by atoms with Crippen LogP contribution in [0.2, 0.25) is 5.02 Å². The van der Waals surface area contributed by atoms with Crippen molar-refractivity contribution in [3.63, 3.8) is 0 Å². The van der Waals surface area contributed by atoms with E-state index in [0.717, 1.165) is 56.2 Å². The van der Waals surface area contributed by atoms with Gasteiger partial charge in [0.2, 0.25) is 0 Å². The van der Waals surface area contributed by atoms with Crippen LogP contribution in [0.3, 0.4) is 0 Å². The molecule has 3 fully saturated rings. The molecule has 2 aromatic rings. The van der Waals surface area contributed by atoms with E-state index < -0.39 is 93.5 Å². The van der Waals surface area contributed by atoms with Crippen LogP contribution in [0.4, 0.5) is 20.6 Å². The molecule has 0 radical (unpaired) electrons. The number of cyclic esters (lactones) is 1. The Balaban J connectivity index is 0.000000323. The number of hydrogen-bond acceptors (Lipinski definition) is 15. The van der Waals surface area contributed by atoms with E-state index in [0.29, 0.717) is 27.8 Å². The van der Waals surface area contributed by atoms with E-state index >= 15 is 0 Å². The van der Waals surface area contributed by atoms with E-state index in [1.807, 2.05) is 5.32 Å². The monoisotopic (exact) mass is 937 g/mol. The third-order valence-electron chi connectivity index (χ3n) is 8.26. The van der Waals surface area contributed by atoms with E-state index in [1.54, 1.807) is 13.8 Å². The summed E-state index contributed by atoms with van der Waals surface area (Å²) in [7, 11) is -7.40. The number of sulfone groups is 1. The summed E-state index contributed by atoms with van der Waals surface area (Å²) in [5.74, 6) is -6.11. The Hall–Kier alpha value is -4.57. The summed E-state index contributed by atoms with van der Waals surface area (Å²) in [6.45, 7) is 2.79. The van der Waals surface area contributed by atoms with Gasteiger partial charge in [0.25, 0.3) is 5.69 Å². The van der Waals surface area contributed by atoms with Gasteiger partial charge in [-0.05, 0) is 80.6 Å². The maximum atomic E-state index is 14.3. The van der Waals surface area contributed by atoms with E-state index in [2.05, 4.69) is 18.8 Å². The van der Waals surface area contributed by atoms with Crippen molar-refractivity contribution in [3.05, 3.63) is 68.2 Å². The fourth-order valence-corrected chi connectivity index (χ4v) is 6.84. The van der Waals surface area contributed by atoms with Crippen molar-refractivity contribution in [2.24, 2.45) is 5.92 Å². The Morgan fingerprint density at radius 2 is 1.62 bits per heavy atom. The number of carbonyl (C=O) groups is 6. The maximum Gasteiger partial charge on any atom is 0.427 e. The number of carboxylic acids is 1. The standard InChI is InChI=1S/C17H17ClFNO4.C14H13NO7S.C3H8NO5P.C3H9S/c1-9(2)15-16(21)20(17(22)24-15)13-8-14(11(18)7-12(13)19)23-10-5-3-4-6-10;1-23(21,22)8-5-6-9(10(7-8)15(19)20)14(18)13-11(16)3-2-4-12(13)17;5-3(6)1-4-2-10(7,8)9;1-4(2)3/h7-8,10H,3-6H2,1-2H3;5-7,13H,2-4H2,1H3;4H,1-2H2,(H,5,6)(H2,7,8,9);1-3H3/q;;;+1/p-1. The zero-order valence-corrected chi connectivity index (χ0v) is 37.2. The number of amides is 2. The van der Waals surface area contributed by atoms with Crippen LogP contribution in [0.25, 0.3) is 0 Å². The van der Waals surface area contributed by atoms with Crippen molar-refractivity contribution in [1.29, 1.82) is 0 Å². The zero-order chi connectivity index (χ0) is 46.6. The van der Waals surface area contributed by atoms with Crippen LogP contribution in [0.15, 0.2) is 46.6 Å². The second-order valence-corrected chi connectivity index (χ2v) is 20.7. The lowest BCUT2D eigenvalue weighted by Crippen LogP contribution is -2.35. The number of aliphatic carboxylic acids is 1. The topological polar surface area (TPSA) is 294 Å². The first-order chi connectivity index (χ1) is 28.2. The number of nitrogens with one attached hydrogen (secondary N) is 1. The van der Waals surface area contributed by atoms with Gasteiger partial charge in [-0.3, -0.25) is 39.4 Å². The number of allylic oxidation sites excluding steroid dienone is 1. The van der Waals surface area contributed by atoms with E-state index in [1.165, 1.54) is 6.07 Å². The highest BCUT2D eigenvalue weighted by Crippen LogP contribution is 2.38. The van der Waals surface area contributed by atoms with Crippen LogP contribution in [0, 0.1) is 21.8 Å². The summed E-state index contributed by atoms with van der Waals surface area (Å²) >= 11 is 6.04. The molecular formula is C37H46ClFN3O16PS2. The lowest BCUT2D eigenvalue weighted by molar-refractivity contribution is -0.385. The SMILES string of the molecule is CC(C)=C1OC(=O)N(c2cc(OC3CCCC3)c(Cl)cc2F)C1=O.CS(=O)(=O)c1ccc(C(=O)C2C(=O)CCCC2=O)c([N+](=O)[O-])c1.C[S+](C)C.O=C(O)CNCP(=O)([O-])O. The van der Waals surface area contributed by atoms with Gasteiger partial charge in [0.1, 0.15) is 25.1 Å². The molecule has 0 spiro atoms. The molecule has 1 unspecified atom stereocenters.